The third kappa shape index (κ3) is 4.62. The Morgan fingerprint density at radius 2 is 2.00 bits per heavy atom. The van der Waals surface area contributed by atoms with Crippen molar-refractivity contribution in [3.05, 3.63) is 57.9 Å². The molecular formula is C21H18F2NO4S3+. The number of hydrogen-bond donors (Lipinski definition) is 1. The van der Waals surface area contributed by atoms with Crippen molar-refractivity contribution >= 4 is 65.2 Å². The summed E-state index contributed by atoms with van der Waals surface area (Å²) >= 11 is 2.97. The highest BCUT2D eigenvalue weighted by atomic mass is 32.2. The predicted octanol–water partition coefficient (Wildman–Crippen LogP) is 5.14. The van der Waals surface area contributed by atoms with E-state index in [2.05, 4.69) is 0 Å². The summed E-state index contributed by atoms with van der Waals surface area (Å²) in [6.07, 6.45) is 3.37. The lowest BCUT2D eigenvalue weighted by atomic mass is 10.2. The quantitative estimate of drug-likeness (QED) is 0.293. The number of methoxy groups -OCH3 is 1. The number of nitrogens with zero attached hydrogens (tertiary/aromatic N) is 1. The lowest BCUT2D eigenvalue weighted by molar-refractivity contribution is -0.667. The first-order valence-electron chi connectivity index (χ1n) is 9.25. The van der Waals surface area contributed by atoms with Crippen molar-refractivity contribution in [3.8, 4) is 5.75 Å². The van der Waals surface area contributed by atoms with Crippen LogP contribution < -0.4 is 9.30 Å². The Hall–Kier alpha value is -2.40. The monoisotopic (exact) mass is 482 g/mol. The lowest BCUT2D eigenvalue weighted by Crippen LogP contribution is -2.36. The molecule has 2 heterocycles. The molecule has 0 saturated heterocycles. The number of benzene rings is 2. The van der Waals surface area contributed by atoms with E-state index in [1.54, 1.807) is 13.2 Å². The van der Waals surface area contributed by atoms with E-state index in [1.165, 1.54) is 28.7 Å². The zero-order valence-corrected chi connectivity index (χ0v) is 18.8. The molecule has 0 bridgehead atoms. The van der Waals surface area contributed by atoms with Gasteiger partial charge in [0, 0.05) is 29.5 Å². The van der Waals surface area contributed by atoms with Crippen LogP contribution in [-0.4, -0.2) is 25.8 Å². The first kappa shape index (κ1) is 21.8. The third-order valence-corrected chi connectivity index (χ3v) is 7.58. The Labute approximate surface area is 185 Å². The van der Waals surface area contributed by atoms with Crippen LogP contribution in [0.25, 0.3) is 32.5 Å². The van der Waals surface area contributed by atoms with Crippen molar-refractivity contribution in [2.45, 2.75) is 13.0 Å². The van der Waals surface area contributed by atoms with Crippen molar-refractivity contribution in [1.82, 2.24) is 0 Å². The van der Waals surface area contributed by atoms with E-state index in [9.17, 15) is 17.2 Å². The molecule has 0 atom stereocenters. The van der Waals surface area contributed by atoms with Crippen LogP contribution in [-0.2, 0) is 16.7 Å². The Balaban J connectivity index is 1.85. The van der Waals surface area contributed by atoms with Crippen LogP contribution in [0.1, 0.15) is 17.0 Å². The van der Waals surface area contributed by atoms with Gasteiger partial charge in [-0.1, -0.05) is 11.3 Å². The van der Waals surface area contributed by atoms with Gasteiger partial charge in [-0.2, -0.15) is 13.0 Å². The van der Waals surface area contributed by atoms with Crippen molar-refractivity contribution in [1.29, 1.82) is 0 Å². The molecule has 0 saturated carbocycles. The topological polar surface area (TPSA) is 67.5 Å². The first-order valence-corrected chi connectivity index (χ1v) is 12.6. The second-order valence-electron chi connectivity index (χ2n) is 6.82. The summed E-state index contributed by atoms with van der Waals surface area (Å²) in [5, 5.41) is 3.62. The van der Waals surface area contributed by atoms with Gasteiger partial charge in [0.1, 0.15) is 26.8 Å². The van der Waals surface area contributed by atoms with Crippen LogP contribution in [0.3, 0.4) is 0 Å². The van der Waals surface area contributed by atoms with Crippen LogP contribution in [0.4, 0.5) is 8.78 Å². The van der Waals surface area contributed by atoms with Gasteiger partial charge < -0.3 is 4.74 Å². The smallest absolute Gasteiger partial charge is 0.265 e. The number of rotatable bonds is 7. The molecule has 4 aromatic rings. The minimum Gasteiger partial charge on any atom is -0.496 e. The zero-order chi connectivity index (χ0) is 22.2. The number of thiazole rings is 1. The summed E-state index contributed by atoms with van der Waals surface area (Å²) in [5.74, 6) is -0.729. The fraction of sp³-hybridized carbons (Fsp3) is 0.190. The fourth-order valence-corrected chi connectivity index (χ4v) is 6.05. The summed E-state index contributed by atoms with van der Waals surface area (Å²) in [6.45, 7) is 0.324. The summed E-state index contributed by atoms with van der Waals surface area (Å²) in [5.41, 5.74) is 1.02. The van der Waals surface area contributed by atoms with Crippen molar-refractivity contribution in [2.24, 2.45) is 0 Å². The molecule has 0 fully saturated rings. The molecule has 162 valence electrons. The van der Waals surface area contributed by atoms with E-state index < -0.39 is 21.8 Å². The average molecular weight is 483 g/mol. The highest BCUT2D eigenvalue weighted by Gasteiger charge is 2.24. The Morgan fingerprint density at radius 3 is 2.74 bits per heavy atom. The van der Waals surface area contributed by atoms with E-state index >= 15 is 0 Å². The molecule has 2 aromatic heterocycles. The molecule has 0 aliphatic rings. The molecule has 0 amide bonds. The van der Waals surface area contributed by atoms with Gasteiger partial charge in [-0.25, -0.2) is 8.78 Å². The molecular weight excluding hydrogens is 464 g/mol. The van der Waals surface area contributed by atoms with Gasteiger partial charge in [-0.15, -0.1) is 11.3 Å². The Kier molecular flexibility index (Phi) is 6.07. The van der Waals surface area contributed by atoms with Crippen molar-refractivity contribution in [2.75, 3.05) is 12.9 Å². The van der Waals surface area contributed by atoms with Gasteiger partial charge in [-0.05, 0) is 35.7 Å². The van der Waals surface area contributed by atoms with Crippen LogP contribution >= 0.6 is 22.7 Å². The van der Waals surface area contributed by atoms with Crippen molar-refractivity contribution in [3.63, 3.8) is 0 Å². The lowest BCUT2D eigenvalue weighted by Gasteiger charge is -2.02. The maximum atomic E-state index is 14.0. The highest BCUT2D eigenvalue weighted by Crippen LogP contribution is 2.38. The zero-order valence-electron chi connectivity index (χ0n) is 16.3. The second-order valence-corrected chi connectivity index (χ2v) is 10.4. The van der Waals surface area contributed by atoms with Gasteiger partial charge in [0.25, 0.3) is 15.1 Å². The van der Waals surface area contributed by atoms with Gasteiger partial charge in [0.05, 0.1) is 12.9 Å². The Morgan fingerprint density at radius 1 is 1.19 bits per heavy atom. The van der Waals surface area contributed by atoms with E-state index in [1.807, 2.05) is 22.1 Å². The molecule has 4 rings (SSSR count). The molecule has 2 aromatic carbocycles. The maximum absolute atomic E-state index is 14.0. The van der Waals surface area contributed by atoms with Crippen LogP contribution in [0.5, 0.6) is 5.75 Å². The average Bonchev–Trinajstić information content (AvgIpc) is 3.31. The van der Waals surface area contributed by atoms with Gasteiger partial charge in [0.15, 0.2) is 6.54 Å². The molecule has 10 heteroatoms. The van der Waals surface area contributed by atoms with Gasteiger partial charge in [0.2, 0.25) is 5.52 Å². The summed E-state index contributed by atoms with van der Waals surface area (Å²) in [6, 6.07) is 7.11. The molecule has 0 unspecified atom stereocenters. The largest absolute Gasteiger partial charge is 0.496 e. The second kappa shape index (κ2) is 8.62. The number of aryl methyl sites for hydroxylation is 1. The summed E-state index contributed by atoms with van der Waals surface area (Å²) in [4.78, 5) is 0. The summed E-state index contributed by atoms with van der Waals surface area (Å²) in [7, 11) is -2.49. The minimum absolute atomic E-state index is 0.112. The molecule has 5 nitrogen and oxygen atoms in total. The molecule has 0 aliphatic heterocycles. The molecule has 0 radical (unpaired) electrons. The van der Waals surface area contributed by atoms with Gasteiger partial charge >= 0.3 is 0 Å². The van der Waals surface area contributed by atoms with Crippen LogP contribution in [0, 0.1) is 11.6 Å². The van der Waals surface area contributed by atoms with E-state index in [4.69, 9.17) is 9.29 Å². The molecule has 31 heavy (non-hydrogen) atoms. The van der Waals surface area contributed by atoms with E-state index in [-0.39, 0.29) is 17.7 Å². The third-order valence-electron chi connectivity index (χ3n) is 4.76. The highest BCUT2D eigenvalue weighted by molar-refractivity contribution is 7.85. The standard InChI is InChI=1S/C21H17F2NO4S3/c1-28-17-12-18-20(21-15(17)7-9-29-21)24(8-2-10-31(25,26)27)19(30-18)6-3-13-11-14(22)4-5-16(13)23/h3-7,9,11-12H,2,8,10H2,1H3/p+1/b6-3+. The summed E-state index contributed by atoms with van der Waals surface area (Å²) < 4.78 is 68.4. The number of ether oxygens (including phenoxy) is 1. The Bertz CT molecular complexity index is 1410. The van der Waals surface area contributed by atoms with Crippen LogP contribution in [0.2, 0.25) is 0 Å². The van der Waals surface area contributed by atoms with Crippen LogP contribution in [0.15, 0.2) is 35.7 Å². The predicted molar refractivity (Wildman–Crippen MR) is 120 cm³/mol. The molecule has 1 N–H and O–H groups in total. The number of fused-ring (bicyclic) bond motifs is 3. The number of thiophene rings is 1. The molecule has 0 spiro atoms. The van der Waals surface area contributed by atoms with Gasteiger partial charge in [-0.3, -0.25) is 4.55 Å². The minimum atomic E-state index is -4.09. The van der Waals surface area contributed by atoms with E-state index in [0.717, 1.165) is 49.3 Å². The first-order chi connectivity index (χ1) is 14.8. The van der Waals surface area contributed by atoms with E-state index in [0.29, 0.717) is 6.54 Å². The fourth-order valence-electron chi connectivity index (χ4n) is 3.40. The number of aromatic nitrogens is 1. The van der Waals surface area contributed by atoms with Crippen molar-refractivity contribution < 1.29 is 31.1 Å². The maximum Gasteiger partial charge on any atom is 0.265 e. The SMILES string of the molecule is COc1cc2sc(/C=C/c3cc(F)ccc3F)[n+](CCCS(=O)(=O)O)c2c2sccc12. The number of hydrogen-bond acceptors (Lipinski definition) is 5. The normalized spacial score (nSPS) is 12.4. The number of halogens is 2. The molecule has 0 aliphatic carbocycles.